The van der Waals surface area contributed by atoms with Gasteiger partial charge in [0.2, 0.25) is 0 Å². The van der Waals surface area contributed by atoms with E-state index in [1.807, 2.05) is 0 Å². The Hall–Kier alpha value is -6.71. The van der Waals surface area contributed by atoms with E-state index in [1.54, 1.807) is 0 Å². The number of para-hydroxylation sites is 3. The summed E-state index contributed by atoms with van der Waals surface area (Å²) in [7, 11) is 0. The normalized spacial score (nSPS) is 15.6. The van der Waals surface area contributed by atoms with Crippen molar-refractivity contribution in [2.24, 2.45) is 0 Å². The van der Waals surface area contributed by atoms with E-state index in [-0.39, 0.29) is 6.04 Å². The van der Waals surface area contributed by atoms with Gasteiger partial charge in [0.25, 0.3) is 0 Å². The fourth-order valence-corrected chi connectivity index (χ4v) is 8.44. The smallest absolute Gasteiger partial charge is 0.0788 e. The number of benzene rings is 6. The van der Waals surface area contributed by atoms with E-state index in [0.29, 0.717) is 0 Å². The predicted octanol–water partition coefficient (Wildman–Crippen LogP) is 12.7. The fourth-order valence-electron chi connectivity index (χ4n) is 8.44. The van der Waals surface area contributed by atoms with Gasteiger partial charge in [-0.2, -0.15) is 0 Å². The standard InChI is InChI=1S/C51H39N3/c1-3-17-35(18-4-1)49-45-29-11-14-32-48(45)54(40-23-5-2-6-24-40)51(49)44-28-10-13-31-47(44)52-39-22-16-20-37(34-39)36-19-15-21-38(33-36)50-43-27-8-7-25-41(43)42-26-9-12-30-46(42)53-50/h1-12,14-21,23-30,32-34,39,52H,13,22,31H2. The highest BCUT2D eigenvalue weighted by Crippen LogP contribution is 2.43. The van der Waals surface area contributed by atoms with Crippen LogP contribution in [0.5, 0.6) is 0 Å². The van der Waals surface area contributed by atoms with Crippen molar-refractivity contribution in [2.75, 3.05) is 0 Å². The lowest BCUT2D eigenvalue weighted by Crippen LogP contribution is -2.29. The first-order valence-electron chi connectivity index (χ1n) is 19.0. The minimum absolute atomic E-state index is 0.152. The average molecular weight is 694 g/mol. The highest BCUT2D eigenvalue weighted by molar-refractivity contribution is 6.11. The monoisotopic (exact) mass is 693 g/mol. The van der Waals surface area contributed by atoms with Gasteiger partial charge in [-0.15, -0.1) is 0 Å². The van der Waals surface area contributed by atoms with E-state index >= 15 is 0 Å². The molecule has 10 rings (SSSR count). The van der Waals surface area contributed by atoms with E-state index in [0.717, 1.165) is 41.7 Å². The van der Waals surface area contributed by atoms with Crippen molar-refractivity contribution in [1.29, 1.82) is 0 Å². The number of hydrogen-bond acceptors (Lipinski definition) is 2. The van der Waals surface area contributed by atoms with Crippen molar-refractivity contribution < 1.29 is 0 Å². The van der Waals surface area contributed by atoms with Crippen molar-refractivity contribution in [2.45, 2.75) is 25.3 Å². The first kappa shape index (κ1) is 32.0. The van der Waals surface area contributed by atoms with Crippen LogP contribution in [0.4, 0.5) is 0 Å². The molecule has 2 aromatic heterocycles. The van der Waals surface area contributed by atoms with Crippen molar-refractivity contribution in [1.82, 2.24) is 14.9 Å². The summed E-state index contributed by atoms with van der Waals surface area (Å²) in [6, 6.07) is 56.6. The lowest BCUT2D eigenvalue weighted by atomic mass is 9.91. The second kappa shape index (κ2) is 13.7. The van der Waals surface area contributed by atoms with Crippen LogP contribution in [0, 0.1) is 0 Å². The zero-order valence-corrected chi connectivity index (χ0v) is 30.0. The second-order valence-electron chi connectivity index (χ2n) is 14.2. The summed E-state index contributed by atoms with van der Waals surface area (Å²) in [6.45, 7) is 0. The summed E-state index contributed by atoms with van der Waals surface area (Å²) in [5, 5.41) is 8.92. The van der Waals surface area contributed by atoms with Crippen LogP contribution in [-0.2, 0) is 0 Å². The zero-order chi connectivity index (χ0) is 35.8. The van der Waals surface area contributed by atoms with E-state index in [1.165, 1.54) is 66.3 Å². The number of rotatable bonds is 7. The molecule has 6 aromatic carbocycles. The van der Waals surface area contributed by atoms with E-state index in [4.69, 9.17) is 4.98 Å². The third kappa shape index (κ3) is 5.66. The van der Waals surface area contributed by atoms with Crippen LogP contribution in [0.1, 0.15) is 30.5 Å². The van der Waals surface area contributed by atoms with E-state index in [9.17, 15) is 0 Å². The molecular formula is C51H39N3. The van der Waals surface area contributed by atoms with E-state index in [2.05, 4.69) is 198 Å². The predicted molar refractivity (Wildman–Crippen MR) is 227 cm³/mol. The number of nitrogens with one attached hydrogen (secondary N) is 1. The molecule has 2 heterocycles. The van der Waals surface area contributed by atoms with Gasteiger partial charge in [0.1, 0.15) is 0 Å². The maximum atomic E-state index is 5.20. The third-order valence-corrected chi connectivity index (χ3v) is 10.9. The Bertz CT molecular complexity index is 2740. The number of fused-ring (bicyclic) bond motifs is 4. The molecule has 3 heteroatoms. The molecule has 1 N–H and O–H groups in total. The molecule has 1 unspecified atom stereocenters. The van der Waals surface area contributed by atoms with E-state index < -0.39 is 0 Å². The summed E-state index contributed by atoms with van der Waals surface area (Å²) >= 11 is 0. The maximum absolute atomic E-state index is 5.20. The highest BCUT2D eigenvalue weighted by atomic mass is 15.0. The molecule has 1 atom stereocenters. The van der Waals surface area contributed by atoms with Gasteiger partial charge in [-0.05, 0) is 71.7 Å². The highest BCUT2D eigenvalue weighted by Gasteiger charge is 2.25. The Morgan fingerprint density at radius 1 is 0.574 bits per heavy atom. The molecule has 2 aliphatic rings. The van der Waals surface area contributed by atoms with Crippen LogP contribution in [0.2, 0.25) is 0 Å². The molecule has 0 bridgehead atoms. The van der Waals surface area contributed by atoms with Crippen LogP contribution < -0.4 is 5.32 Å². The summed E-state index contributed by atoms with van der Waals surface area (Å²) in [5.74, 6) is 0. The molecule has 54 heavy (non-hydrogen) atoms. The molecular weight excluding hydrogens is 655 g/mol. The zero-order valence-electron chi connectivity index (χ0n) is 30.0. The minimum Gasteiger partial charge on any atom is -0.381 e. The lowest BCUT2D eigenvalue weighted by molar-refractivity contribution is 0.648. The van der Waals surface area contributed by atoms with Gasteiger partial charge in [-0.3, -0.25) is 0 Å². The van der Waals surface area contributed by atoms with Crippen LogP contribution >= 0.6 is 0 Å². The van der Waals surface area contributed by atoms with Crippen LogP contribution in [0.3, 0.4) is 0 Å². The summed E-state index contributed by atoms with van der Waals surface area (Å²) in [6.07, 6.45) is 14.6. The van der Waals surface area contributed by atoms with Gasteiger partial charge in [0, 0.05) is 50.3 Å². The van der Waals surface area contributed by atoms with Crippen LogP contribution in [0.15, 0.2) is 194 Å². The molecule has 258 valence electrons. The molecule has 0 amide bonds. The molecule has 0 saturated carbocycles. The Kier molecular flexibility index (Phi) is 8.11. The molecule has 2 aliphatic carbocycles. The van der Waals surface area contributed by atoms with Crippen molar-refractivity contribution in [3.8, 4) is 28.1 Å². The van der Waals surface area contributed by atoms with Gasteiger partial charge in [-0.1, -0.05) is 158 Å². The second-order valence-corrected chi connectivity index (χ2v) is 14.2. The number of allylic oxidation sites excluding steroid dienone is 6. The van der Waals surface area contributed by atoms with Gasteiger partial charge in [0.05, 0.1) is 22.4 Å². The van der Waals surface area contributed by atoms with Crippen LogP contribution in [0.25, 0.3) is 71.8 Å². The Balaban J connectivity index is 1.07. The minimum atomic E-state index is 0.152. The maximum Gasteiger partial charge on any atom is 0.0788 e. The Morgan fingerprint density at radius 2 is 1.26 bits per heavy atom. The third-order valence-electron chi connectivity index (χ3n) is 10.9. The van der Waals surface area contributed by atoms with Crippen molar-refractivity contribution in [3.63, 3.8) is 0 Å². The Labute approximate surface area is 316 Å². The largest absolute Gasteiger partial charge is 0.381 e. The molecule has 0 aliphatic heterocycles. The van der Waals surface area contributed by atoms with Crippen molar-refractivity contribution in [3.05, 3.63) is 205 Å². The first-order chi connectivity index (χ1) is 26.8. The Morgan fingerprint density at radius 3 is 2.11 bits per heavy atom. The van der Waals surface area contributed by atoms with Gasteiger partial charge in [-0.25, -0.2) is 4.98 Å². The summed E-state index contributed by atoms with van der Waals surface area (Å²) < 4.78 is 2.46. The number of aromatic nitrogens is 2. The molecule has 0 radical (unpaired) electrons. The lowest BCUT2D eigenvalue weighted by Gasteiger charge is -2.26. The quantitative estimate of drug-likeness (QED) is 0.168. The molecule has 0 spiro atoms. The summed E-state index contributed by atoms with van der Waals surface area (Å²) in [4.78, 5) is 5.20. The molecule has 0 fully saturated rings. The van der Waals surface area contributed by atoms with Gasteiger partial charge < -0.3 is 9.88 Å². The number of hydrogen-bond donors (Lipinski definition) is 1. The SMILES string of the molecule is C1=CC(c2c(-c3ccccc3)c3ccccc3n2-c2ccccc2)=C(NC2C=C(c3cccc(-c4nc5ccccc5c5ccccc45)c3)C=CC2)CC1. The number of pyridine rings is 1. The van der Waals surface area contributed by atoms with Crippen LogP contribution in [-0.4, -0.2) is 15.6 Å². The molecule has 0 saturated heterocycles. The van der Waals surface area contributed by atoms with Gasteiger partial charge >= 0.3 is 0 Å². The average Bonchev–Trinajstić information content (AvgIpc) is 3.59. The van der Waals surface area contributed by atoms with Crippen molar-refractivity contribution >= 4 is 43.7 Å². The molecule has 8 aromatic rings. The fraction of sp³-hybridized carbons (Fsp3) is 0.0784. The topological polar surface area (TPSA) is 29.9 Å². The molecule has 3 nitrogen and oxygen atoms in total. The summed E-state index contributed by atoms with van der Waals surface area (Å²) in [5.41, 5.74) is 14.2. The number of nitrogens with zero attached hydrogens (tertiary/aromatic N) is 2. The first-order valence-corrected chi connectivity index (χ1v) is 19.0. The van der Waals surface area contributed by atoms with Gasteiger partial charge in [0.15, 0.2) is 0 Å².